The highest BCUT2D eigenvalue weighted by atomic mass is 16.2. The molecule has 6 nitrogen and oxygen atoms in total. The summed E-state index contributed by atoms with van der Waals surface area (Å²) < 4.78 is 0. The summed E-state index contributed by atoms with van der Waals surface area (Å²) in [7, 11) is 2.03. The second-order valence-corrected chi connectivity index (χ2v) is 7.75. The first-order valence-corrected chi connectivity index (χ1v) is 10.0. The highest BCUT2D eigenvalue weighted by molar-refractivity contribution is 6.00. The predicted octanol–water partition coefficient (Wildman–Crippen LogP) is 3.91. The van der Waals surface area contributed by atoms with Gasteiger partial charge in [-0.1, -0.05) is 30.3 Å². The summed E-state index contributed by atoms with van der Waals surface area (Å²) in [6.45, 7) is 0.443. The molecule has 0 spiro atoms. The molecule has 0 aliphatic heterocycles. The van der Waals surface area contributed by atoms with Gasteiger partial charge in [-0.05, 0) is 42.7 Å². The molecule has 2 aromatic carbocycles. The molecule has 1 aliphatic carbocycles. The number of ketones is 1. The number of carbonyl (C=O) groups excluding carboxylic acids is 2. The predicted molar refractivity (Wildman–Crippen MR) is 115 cm³/mol. The summed E-state index contributed by atoms with van der Waals surface area (Å²) in [4.78, 5) is 35.0. The fourth-order valence-electron chi connectivity index (χ4n) is 3.50. The first-order chi connectivity index (χ1) is 14.6. The van der Waals surface area contributed by atoms with E-state index in [-0.39, 0.29) is 18.1 Å². The van der Waals surface area contributed by atoms with Gasteiger partial charge < -0.3 is 10.2 Å². The van der Waals surface area contributed by atoms with Crippen LogP contribution in [0, 0.1) is 5.41 Å². The summed E-state index contributed by atoms with van der Waals surface area (Å²) in [5, 5.41) is 3.00. The Labute approximate surface area is 176 Å². The summed E-state index contributed by atoms with van der Waals surface area (Å²) in [5.41, 5.74) is 3.08. The Morgan fingerprint density at radius 2 is 1.60 bits per heavy atom. The number of aromatic nitrogens is 2. The fraction of sp³-hybridized carbons (Fsp3) is 0.250. The molecule has 30 heavy (non-hydrogen) atoms. The number of nitrogens with zero attached hydrogens (tertiary/aromatic N) is 3. The Kier molecular flexibility index (Phi) is 5.57. The molecule has 1 N–H and O–H groups in total. The smallest absolute Gasteiger partial charge is 0.226 e. The maximum atomic E-state index is 12.7. The third kappa shape index (κ3) is 4.38. The van der Waals surface area contributed by atoms with Crippen LogP contribution in [0.3, 0.4) is 0 Å². The first kappa shape index (κ1) is 19.8. The minimum absolute atomic E-state index is 0.0572. The zero-order chi connectivity index (χ0) is 21.0. The lowest BCUT2D eigenvalue weighted by Crippen LogP contribution is -2.33. The van der Waals surface area contributed by atoms with Crippen LogP contribution in [0.1, 0.15) is 35.2 Å². The van der Waals surface area contributed by atoms with E-state index in [1.54, 1.807) is 0 Å². The van der Waals surface area contributed by atoms with Gasteiger partial charge in [-0.15, -0.1) is 0 Å². The molecule has 0 saturated heterocycles. The van der Waals surface area contributed by atoms with Gasteiger partial charge >= 0.3 is 0 Å². The molecule has 1 saturated carbocycles. The summed E-state index contributed by atoms with van der Waals surface area (Å²) in [6, 6.07) is 18.3. The van der Waals surface area contributed by atoms with E-state index in [0.29, 0.717) is 12.1 Å². The maximum Gasteiger partial charge on any atom is 0.226 e. The summed E-state index contributed by atoms with van der Waals surface area (Å²) in [5.74, 6) is -0.144. The molecule has 0 unspecified atom stereocenters. The Bertz CT molecular complexity index is 1020. The first-order valence-electron chi connectivity index (χ1n) is 10.0. The molecule has 6 heteroatoms. The van der Waals surface area contributed by atoms with E-state index in [0.717, 1.165) is 29.8 Å². The Morgan fingerprint density at radius 3 is 2.23 bits per heavy atom. The van der Waals surface area contributed by atoms with E-state index in [1.807, 2.05) is 49.5 Å². The van der Waals surface area contributed by atoms with Gasteiger partial charge in [0.15, 0.2) is 5.78 Å². The minimum Gasteiger partial charge on any atom is -0.352 e. The second-order valence-electron chi connectivity index (χ2n) is 7.75. The summed E-state index contributed by atoms with van der Waals surface area (Å²) in [6.07, 6.45) is 6.05. The number of anilines is 2. The van der Waals surface area contributed by atoms with Crippen LogP contribution in [0.2, 0.25) is 0 Å². The number of benzene rings is 2. The van der Waals surface area contributed by atoms with Gasteiger partial charge in [-0.25, -0.2) is 9.97 Å². The molecule has 1 heterocycles. The van der Waals surface area contributed by atoms with Gasteiger partial charge in [0, 0.05) is 43.8 Å². The van der Waals surface area contributed by atoms with Gasteiger partial charge in [0.25, 0.3) is 0 Å². The van der Waals surface area contributed by atoms with Crippen LogP contribution in [0.25, 0.3) is 0 Å². The van der Waals surface area contributed by atoms with Crippen LogP contribution in [0.5, 0.6) is 0 Å². The van der Waals surface area contributed by atoms with Gasteiger partial charge in [0.05, 0.1) is 11.0 Å². The molecule has 1 fully saturated rings. The highest BCUT2D eigenvalue weighted by Gasteiger charge is 2.50. The number of rotatable bonds is 8. The quantitative estimate of drug-likeness (QED) is 0.580. The van der Waals surface area contributed by atoms with Crippen molar-refractivity contribution >= 4 is 23.1 Å². The lowest BCUT2D eigenvalue weighted by Gasteiger charge is -2.20. The van der Waals surface area contributed by atoms with Crippen molar-refractivity contribution in [3.63, 3.8) is 0 Å². The Balaban J connectivity index is 1.33. The minimum atomic E-state index is -0.583. The number of hydrogen-bond donors (Lipinski definition) is 1. The van der Waals surface area contributed by atoms with E-state index >= 15 is 0 Å². The van der Waals surface area contributed by atoms with Crippen molar-refractivity contribution in [3.8, 4) is 0 Å². The molecule has 1 amide bonds. The third-order valence-electron chi connectivity index (χ3n) is 5.64. The van der Waals surface area contributed by atoms with E-state index in [2.05, 4.69) is 32.3 Å². The van der Waals surface area contributed by atoms with Crippen molar-refractivity contribution in [2.24, 2.45) is 5.41 Å². The molecule has 3 aromatic rings. The van der Waals surface area contributed by atoms with E-state index in [1.165, 1.54) is 18.7 Å². The second kappa shape index (κ2) is 8.45. The normalized spacial score (nSPS) is 14.0. The van der Waals surface area contributed by atoms with Crippen LogP contribution < -0.4 is 10.2 Å². The van der Waals surface area contributed by atoms with E-state index in [4.69, 9.17) is 0 Å². The molecule has 0 radical (unpaired) electrons. The van der Waals surface area contributed by atoms with E-state index < -0.39 is 5.41 Å². The number of amides is 1. The van der Waals surface area contributed by atoms with Gasteiger partial charge in [-0.2, -0.15) is 0 Å². The van der Waals surface area contributed by atoms with Crippen molar-refractivity contribution < 1.29 is 9.59 Å². The largest absolute Gasteiger partial charge is 0.352 e. The van der Waals surface area contributed by atoms with Crippen molar-refractivity contribution in [2.75, 3.05) is 11.9 Å². The monoisotopic (exact) mass is 400 g/mol. The third-order valence-corrected chi connectivity index (χ3v) is 5.64. The molecular formula is C24H24N4O2. The molecule has 152 valence electrons. The molecule has 4 rings (SSSR count). The zero-order valence-corrected chi connectivity index (χ0v) is 16.9. The van der Waals surface area contributed by atoms with Crippen LogP contribution in [-0.4, -0.2) is 28.7 Å². The van der Waals surface area contributed by atoms with Crippen LogP contribution in [-0.2, 0) is 11.3 Å². The number of nitrogens with one attached hydrogen (secondary N) is 1. The number of hydrogen-bond acceptors (Lipinski definition) is 5. The molecule has 0 atom stereocenters. The van der Waals surface area contributed by atoms with Gasteiger partial charge in [-0.3, -0.25) is 9.59 Å². The van der Waals surface area contributed by atoms with Gasteiger partial charge in [0.2, 0.25) is 5.91 Å². The Morgan fingerprint density at radius 1 is 0.967 bits per heavy atom. The van der Waals surface area contributed by atoms with Crippen LogP contribution in [0.15, 0.2) is 73.3 Å². The van der Waals surface area contributed by atoms with Crippen LogP contribution >= 0.6 is 0 Å². The fourth-order valence-corrected chi connectivity index (χ4v) is 3.50. The average molecular weight is 400 g/mol. The van der Waals surface area contributed by atoms with Crippen molar-refractivity contribution in [1.82, 2.24) is 15.3 Å². The molecule has 1 aromatic heterocycles. The SMILES string of the molecule is CN(c1ccccc1)c1ccc(CNC(=O)C2(CC(=O)c3cncnc3)CC2)cc1. The topological polar surface area (TPSA) is 75.2 Å². The van der Waals surface area contributed by atoms with Crippen molar-refractivity contribution in [3.05, 3.63) is 84.4 Å². The number of Topliss-reactive ketones (excluding diaryl/α,β-unsaturated/α-hetero) is 1. The van der Waals surface area contributed by atoms with Crippen molar-refractivity contribution in [2.45, 2.75) is 25.8 Å². The molecular weight excluding hydrogens is 376 g/mol. The highest BCUT2D eigenvalue weighted by Crippen LogP contribution is 2.49. The summed E-state index contributed by atoms with van der Waals surface area (Å²) >= 11 is 0. The van der Waals surface area contributed by atoms with Crippen molar-refractivity contribution in [1.29, 1.82) is 0 Å². The van der Waals surface area contributed by atoms with Gasteiger partial charge in [0.1, 0.15) is 6.33 Å². The Hall–Kier alpha value is -3.54. The molecule has 0 bridgehead atoms. The van der Waals surface area contributed by atoms with E-state index in [9.17, 15) is 9.59 Å². The zero-order valence-electron chi connectivity index (χ0n) is 16.9. The number of carbonyl (C=O) groups is 2. The lowest BCUT2D eigenvalue weighted by atomic mass is 9.95. The standard InChI is InChI=1S/C24H24N4O2/c1-28(20-5-3-2-4-6-20)21-9-7-18(8-10-21)14-27-23(30)24(11-12-24)13-22(29)19-15-25-17-26-16-19/h2-10,15-17H,11-14H2,1H3,(H,27,30). The molecule has 1 aliphatic rings. The number of para-hydroxylation sites is 1. The lowest BCUT2D eigenvalue weighted by molar-refractivity contribution is -0.126. The average Bonchev–Trinajstić information content (AvgIpc) is 3.59. The maximum absolute atomic E-state index is 12.7. The van der Waals surface area contributed by atoms with Crippen LogP contribution in [0.4, 0.5) is 11.4 Å².